The Morgan fingerprint density at radius 2 is 2.24 bits per heavy atom. The molecule has 1 saturated carbocycles. The maximum atomic E-state index is 12.4. The van der Waals surface area contributed by atoms with E-state index in [-0.39, 0.29) is 29.9 Å². The van der Waals surface area contributed by atoms with Crippen molar-refractivity contribution >= 4 is 11.8 Å². The number of hydrogen-bond donors (Lipinski definition) is 1. The first-order valence-corrected chi connectivity index (χ1v) is 8.96. The lowest BCUT2D eigenvalue weighted by atomic mass is 9.67. The van der Waals surface area contributed by atoms with E-state index in [0.29, 0.717) is 32.0 Å². The second kappa shape index (κ2) is 6.77. The molecule has 0 aromatic heterocycles. The molecule has 1 saturated heterocycles. The Balaban J connectivity index is 1.29. The van der Waals surface area contributed by atoms with Crippen LogP contribution in [-0.2, 0) is 20.8 Å². The van der Waals surface area contributed by atoms with Crippen molar-refractivity contribution in [3.8, 4) is 0 Å². The van der Waals surface area contributed by atoms with Crippen LogP contribution in [0.5, 0.6) is 0 Å². The third kappa shape index (κ3) is 2.93. The van der Waals surface area contributed by atoms with Gasteiger partial charge in [-0.15, -0.1) is 0 Å². The van der Waals surface area contributed by atoms with E-state index < -0.39 is 0 Å². The van der Waals surface area contributed by atoms with Gasteiger partial charge in [0.1, 0.15) is 0 Å². The van der Waals surface area contributed by atoms with Crippen LogP contribution in [0.2, 0.25) is 0 Å². The second-order valence-corrected chi connectivity index (χ2v) is 7.13. The summed E-state index contributed by atoms with van der Waals surface area (Å²) in [5.41, 5.74) is 1.80. The summed E-state index contributed by atoms with van der Waals surface area (Å²) in [5.74, 6) is 0.662. The Hall–Kier alpha value is -1.92. The largest absolute Gasteiger partial charge is 0.384 e. The van der Waals surface area contributed by atoms with E-state index in [1.807, 2.05) is 24.3 Å². The van der Waals surface area contributed by atoms with Crippen LogP contribution in [0.25, 0.3) is 0 Å². The zero-order valence-electron chi connectivity index (χ0n) is 14.4. The van der Waals surface area contributed by atoms with Crippen molar-refractivity contribution in [1.82, 2.24) is 10.2 Å². The topological polar surface area (TPSA) is 67.9 Å². The molecule has 2 heterocycles. The molecule has 25 heavy (non-hydrogen) atoms. The number of hydrogen-bond acceptors (Lipinski definition) is 4. The quantitative estimate of drug-likeness (QED) is 0.842. The van der Waals surface area contributed by atoms with Crippen molar-refractivity contribution in [2.75, 3.05) is 26.9 Å². The Morgan fingerprint density at radius 1 is 1.40 bits per heavy atom. The fourth-order valence-corrected chi connectivity index (χ4v) is 4.42. The number of nitrogens with zero attached hydrogens (tertiary/aromatic N) is 1. The molecule has 1 aromatic rings. The van der Waals surface area contributed by atoms with Crippen LogP contribution in [0.4, 0.5) is 0 Å². The van der Waals surface area contributed by atoms with E-state index in [1.165, 1.54) is 0 Å². The van der Waals surface area contributed by atoms with Crippen molar-refractivity contribution in [1.29, 1.82) is 0 Å². The van der Waals surface area contributed by atoms with Gasteiger partial charge in [-0.05, 0) is 18.1 Å². The number of benzene rings is 1. The minimum absolute atomic E-state index is 0.000194. The Kier molecular flexibility index (Phi) is 4.48. The highest BCUT2D eigenvalue weighted by Crippen LogP contribution is 2.43. The number of methoxy groups -OCH3 is 1. The predicted molar refractivity (Wildman–Crippen MR) is 90.9 cm³/mol. The third-order valence-corrected chi connectivity index (χ3v) is 5.72. The summed E-state index contributed by atoms with van der Waals surface area (Å²) in [6.07, 6.45) is 1.55. The lowest BCUT2D eigenvalue weighted by Crippen LogP contribution is -2.62. The smallest absolute Gasteiger partial charge is 0.254 e. The van der Waals surface area contributed by atoms with E-state index in [0.717, 1.165) is 24.2 Å². The van der Waals surface area contributed by atoms with E-state index in [1.54, 1.807) is 12.0 Å². The highest BCUT2D eigenvalue weighted by Gasteiger charge is 2.54. The predicted octanol–water partition coefficient (Wildman–Crippen LogP) is 1.20. The SMILES string of the molecule is COC[C@H]1[C@@H](NC(=O)CCN2Cc3ccccc3C2=O)[C@H]2CCO[C@H]21. The van der Waals surface area contributed by atoms with Crippen LogP contribution in [-0.4, -0.2) is 55.7 Å². The average Bonchev–Trinajstić information content (AvgIpc) is 3.18. The fourth-order valence-electron chi connectivity index (χ4n) is 4.42. The van der Waals surface area contributed by atoms with Gasteiger partial charge in [0.15, 0.2) is 0 Å². The van der Waals surface area contributed by atoms with Gasteiger partial charge in [0.05, 0.1) is 12.7 Å². The summed E-state index contributed by atoms with van der Waals surface area (Å²) in [6.45, 7) is 2.41. The number of fused-ring (bicyclic) bond motifs is 2. The molecule has 3 aliphatic rings. The molecule has 2 fully saturated rings. The van der Waals surface area contributed by atoms with E-state index in [2.05, 4.69) is 5.32 Å². The van der Waals surface area contributed by atoms with Crippen LogP contribution in [0.3, 0.4) is 0 Å². The summed E-state index contributed by atoms with van der Waals surface area (Å²) in [6, 6.07) is 7.76. The van der Waals surface area contributed by atoms with Crippen LogP contribution < -0.4 is 5.32 Å². The van der Waals surface area contributed by atoms with Crippen molar-refractivity contribution in [3.05, 3.63) is 35.4 Å². The van der Waals surface area contributed by atoms with Gasteiger partial charge in [-0.2, -0.15) is 0 Å². The first kappa shape index (κ1) is 16.5. The molecule has 4 rings (SSSR count). The summed E-state index contributed by atoms with van der Waals surface area (Å²) < 4.78 is 11.0. The first-order valence-electron chi connectivity index (χ1n) is 8.96. The summed E-state index contributed by atoms with van der Waals surface area (Å²) >= 11 is 0. The molecule has 6 nitrogen and oxygen atoms in total. The zero-order valence-corrected chi connectivity index (χ0v) is 14.4. The minimum atomic E-state index is 0.000194. The molecular weight excluding hydrogens is 320 g/mol. The van der Waals surface area contributed by atoms with Gasteiger partial charge in [-0.1, -0.05) is 18.2 Å². The van der Waals surface area contributed by atoms with Crippen LogP contribution >= 0.6 is 0 Å². The molecule has 0 bridgehead atoms. The van der Waals surface area contributed by atoms with Gasteiger partial charge in [-0.25, -0.2) is 0 Å². The van der Waals surface area contributed by atoms with Crippen molar-refractivity contribution in [3.63, 3.8) is 0 Å². The molecule has 4 atom stereocenters. The minimum Gasteiger partial charge on any atom is -0.384 e. The van der Waals surface area contributed by atoms with E-state index >= 15 is 0 Å². The highest BCUT2D eigenvalue weighted by molar-refractivity contribution is 5.98. The maximum absolute atomic E-state index is 12.4. The van der Waals surface area contributed by atoms with Gasteiger partial charge in [0.25, 0.3) is 5.91 Å². The monoisotopic (exact) mass is 344 g/mol. The zero-order chi connectivity index (χ0) is 17.4. The van der Waals surface area contributed by atoms with Gasteiger partial charge >= 0.3 is 0 Å². The molecule has 0 unspecified atom stereocenters. The van der Waals surface area contributed by atoms with Gasteiger partial charge < -0.3 is 19.7 Å². The molecule has 6 heteroatoms. The third-order valence-electron chi connectivity index (χ3n) is 5.72. The number of amides is 2. The second-order valence-electron chi connectivity index (χ2n) is 7.13. The summed E-state index contributed by atoms with van der Waals surface area (Å²) in [4.78, 5) is 26.5. The molecule has 0 spiro atoms. The van der Waals surface area contributed by atoms with Gasteiger partial charge in [0, 0.05) is 56.7 Å². The standard InChI is InChI=1S/C19H24N2O4/c1-24-11-15-17(14-7-9-25-18(14)15)20-16(22)6-8-21-10-12-4-2-3-5-13(12)19(21)23/h2-5,14-15,17-18H,6-11H2,1H3,(H,20,22)/t14-,15+,17+,18-/m1/s1. The number of carbonyl (C=O) groups excluding carboxylic acids is 2. The average molecular weight is 344 g/mol. The van der Waals surface area contributed by atoms with Crippen molar-refractivity contribution in [2.24, 2.45) is 11.8 Å². The number of ether oxygens (including phenoxy) is 2. The number of rotatable bonds is 6. The molecule has 2 aliphatic heterocycles. The Morgan fingerprint density at radius 3 is 3.04 bits per heavy atom. The summed E-state index contributed by atoms with van der Waals surface area (Å²) in [5, 5.41) is 3.15. The first-order chi connectivity index (χ1) is 12.2. The highest BCUT2D eigenvalue weighted by atomic mass is 16.5. The van der Waals surface area contributed by atoms with Crippen LogP contribution in [0, 0.1) is 11.8 Å². The van der Waals surface area contributed by atoms with Gasteiger partial charge in [0.2, 0.25) is 5.91 Å². The lowest BCUT2D eigenvalue weighted by Gasteiger charge is -2.47. The fraction of sp³-hybridized carbons (Fsp3) is 0.579. The molecule has 134 valence electrons. The number of nitrogens with one attached hydrogen (secondary N) is 1. The van der Waals surface area contributed by atoms with Crippen molar-refractivity contribution < 1.29 is 19.1 Å². The Bertz CT molecular complexity index is 677. The molecular formula is C19H24N2O4. The number of carbonyl (C=O) groups is 2. The maximum Gasteiger partial charge on any atom is 0.254 e. The van der Waals surface area contributed by atoms with E-state index in [4.69, 9.17) is 9.47 Å². The van der Waals surface area contributed by atoms with E-state index in [9.17, 15) is 9.59 Å². The van der Waals surface area contributed by atoms with Gasteiger partial charge in [-0.3, -0.25) is 9.59 Å². The molecule has 2 amide bonds. The van der Waals surface area contributed by atoms with Crippen LogP contribution in [0.15, 0.2) is 24.3 Å². The summed E-state index contributed by atoms with van der Waals surface area (Å²) in [7, 11) is 1.68. The Labute approximate surface area is 147 Å². The molecule has 1 N–H and O–H groups in total. The molecule has 1 aliphatic carbocycles. The lowest BCUT2D eigenvalue weighted by molar-refractivity contribution is -0.130. The molecule has 1 aromatic carbocycles. The van der Waals surface area contributed by atoms with Crippen LogP contribution in [0.1, 0.15) is 28.8 Å². The molecule has 0 radical (unpaired) electrons. The van der Waals surface area contributed by atoms with Crippen molar-refractivity contribution in [2.45, 2.75) is 31.5 Å². The normalized spacial score (nSPS) is 30.0.